The van der Waals surface area contributed by atoms with Crippen LogP contribution in [0.1, 0.15) is 32.6 Å². The van der Waals surface area contributed by atoms with Crippen molar-refractivity contribution in [2.24, 2.45) is 0 Å². The summed E-state index contributed by atoms with van der Waals surface area (Å²) in [4.78, 5) is 25.3. The first-order chi connectivity index (χ1) is 11.6. The highest BCUT2D eigenvalue weighted by atomic mass is 17.2. The van der Waals surface area contributed by atoms with Crippen molar-refractivity contribution in [1.82, 2.24) is 10.2 Å². The summed E-state index contributed by atoms with van der Waals surface area (Å²) < 4.78 is 11.2. The van der Waals surface area contributed by atoms with E-state index in [1.165, 1.54) is 6.08 Å². The first kappa shape index (κ1) is 17.8. The molecule has 3 fully saturated rings. The van der Waals surface area contributed by atoms with Gasteiger partial charge in [-0.05, 0) is 25.8 Å². The lowest BCUT2D eigenvalue weighted by Crippen LogP contribution is -2.48. The maximum absolute atomic E-state index is 11.9. The van der Waals surface area contributed by atoms with Crippen LogP contribution in [-0.4, -0.2) is 68.2 Å². The smallest absolute Gasteiger partial charge is 0.243 e. The first-order valence-corrected chi connectivity index (χ1v) is 8.87. The Kier molecular flexibility index (Phi) is 5.89. The second-order valence-corrected chi connectivity index (χ2v) is 6.96. The van der Waals surface area contributed by atoms with Crippen molar-refractivity contribution in [2.75, 3.05) is 46.0 Å². The van der Waals surface area contributed by atoms with Crippen LogP contribution < -0.4 is 5.32 Å². The van der Waals surface area contributed by atoms with E-state index in [1.807, 2.05) is 6.92 Å². The predicted octanol–water partition coefficient (Wildman–Crippen LogP) is 0.998. The van der Waals surface area contributed by atoms with Gasteiger partial charge in [-0.1, -0.05) is 0 Å². The van der Waals surface area contributed by atoms with Crippen molar-refractivity contribution in [3.8, 4) is 0 Å². The van der Waals surface area contributed by atoms with Crippen molar-refractivity contribution < 1.29 is 24.0 Å². The van der Waals surface area contributed by atoms with Crippen LogP contribution in [0.25, 0.3) is 0 Å². The maximum Gasteiger partial charge on any atom is 0.243 e. The maximum atomic E-state index is 11.9. The summed E-state index contributed by atoms with van der Waals surface area (Å²) in [5.41, 5.74) is -0.727. The monoisotopic (exact) mass is 340 g/mol. The number of rotatable bonds is 5. The van der Waals surface area contributed by atoms with Crippen LogP contribution >= 0.6 is 0 Å². The largest absolute Gasteiger partial charge is 0.379 e. The average molecular weight is 340 g/mol. The Labute approximate surface area is 143 Å². The van der Waals surface area contributed by atoms with Gasteiger partial charge in [0.1, 0.15) is 5.60 Å². The van der Waals surface area contributed by atoms with Gasteiger partial charge in [0.15, 0.2) is 0 Å². The summed E-state index contributed by atoms with van der Waals surface area (Å²) >= 11 is 0. The zero-order valence-corrected chi connectivity index (χ0v) is 14.4. The number of morpholine rings is 1. The molecule has 2 heterocycles. The molecular weight excluding hydrogens is 312 g/mol. The molecule has 1 unspecified atom stereocenters. The van der Waals surface area contributed by atoms with Crippen LogP contribution in [-0.2, 0) is 24.0 Å². The van der Waals surface area contributed by atoms with Crippen molar-refractivity contribution in [2.45, 2.75) is 44.0 Å². The van der Waals surface area contributed by atoms with Crippen LogP contribution in [0.15, 0.2) is 12.2 Å². The van der Waals surface area contributed by atoms with Crippen molar-refractivity contribution in [3.63, 3.8) is 0 Å². The highest BCUT2D eigenvalue weighted by Crippen LogP contribution is 2.39. The van der Waals surface area contributed by atoms with Crippen LogP contribution in [0.3, 0.4) is 0 Å². The molecule has 1 N–H and O–H groups in total. The van der Waals surface area contributed by atoms with Crippen molar-refractivity contribution >= 4 is 5.91 Å². The average Bonchev–Trinajstić information content (AvgIpc) is 3.06. The minimum absolute atomic E-state index is 0.130. The van der Waals surface area contributed by atoms with E-state index in [0.29, 0.717) is 13.2 Å². The topological polar surface area (TPSA) is 69.3 Å². The van der Waals surface area contributed by atoms with E-state index < -0.39 is 11.4 Å². The van der Waals surface area contributed by atoms with Crippen molar-refractivity contribution in [1.29, 1.82) is 0 Å². The molecule has 1 saturated carbocycles. The molecule has 1 aliphatic carbocycles. The fourth-order valence-electron chi connectivity index (χ4n) is 3.18. The third kappa shape index (κ3) is 4.77. The van der Waals surface area contributed by atoms with Crippen molar-refractivity contribution in [3.05, 3.63) is 12.2 Å². The molecule has 1 spiro atoms. The molecule has 2 aliphatic heterocycles. The van der Waals surface area contributed by atoms with Crippen LogP contribution in [0, 0.1) is 0 Å². The van der Waals surface area contributed by atoms with Gasteiger partial charge in [0.25, 0.3) is 0 Å². The van der Waals surface area contributed by atoms with Gasteiger partial charge in [0.2, 0.25) is 11.7 Å². The summed E-state index contributed by atoms with van der Waals surface area (Å²) in [6.07, 6.45) is 7.14. The molecule has 3 rings (SSSR count). The van der Waals surface area contributed by atoms with Gasteiger partial charge in [0, 0.05) is 45.1 Å². The normalized spacial score (nSPS) is 30.9. The molecule has 0 aromatic rings. The van der Waals surface area contributed by atoms with Gasteiger partial charge in [0.05, 0.1) is 19.8 Å². The zero-order valence-electron chi connectivity index (χ0n) is 14.4. The van der Waals surface area contributed by atoms with Gasteiger partial charge < -0.3 is 14.8 Å². The molecule has 2 saturated heterocycles. The highest BCUT2D eigenvalue weighted by Gasteiger charge is 2.45. The van der Waals surface area contributed by atoms with E-state index in [-0.39, 0.29) is 5.91 Å². The molecule has 0 aromatic carbocycles. The van der Waals surface area contributed by atoms with E-state index in [0.717, 1.165) is 58.5 Å². The second-order valence-electron chi connectivity index (χ2n) is 6.96. The molecule has 0 radical (unpaired) electrons. The molecule has 0 bridgehead atoms. The zero-order chi connectivity index (χ0) is 16.9. The number of carbonyl (C=O) groups is 1. The molecule has 1 atom stereocenters. The van der Waals surface area contributed by atoms with Gasteiger partial charge in [-0.25, -0.2) is 9.78 Å². The molecule has 24 heavy (non-hydrogen) atoms. The Balaban J connectivity index is 1.37. The summed E-state index contributed by atoms with van der Waals surface area (Å²) in [6, 6.07) is 0. The fourth-order valence-corrected chi connectivity index (χ4v) is 3.18. The lowest BCUT2D eigenvalue weighted by molar-refractivity contribution is -0.499. The molecule has 7 nitrogen and oxygen atoms in total. The van der Waals surface area contributed by atoms with E-state index in [9.17, 15) is 4.79 Å². The standard InChI is InChI=1S/C17H28N2O5/c1-16(14-22-17(24-23-16)5-2-3-6-17)7-4-15(20)18-8-9-19-10-12-21-13-11-19/h4,7H,2-3,5-6,8-14H2,1H3,(H,18,20)/b7-4+. The van der Waals surface area contributed by atoms with Crippen LogP contribution in [0.5, 0.6) is 0 Å². The summed E-state index contributed by atoms with van der Waals surface area (Å²) in [5, 5.41) is 2.89. The van der Waals surface area contributed by atoms with E-state index in [1.54, 1.807) is 6.08 Å². The van der Waals surface area contributed by atoms with E-state index >= 15 is 0 Å². The number of nitrogens with zero attached hydrogens (tertiary/aromatic N) is 1. The molecule has 3 aliphatic rings. The summed E-state index contributed by atoms with van der Waals surface area (Å²) in [6.45, 7) is 7.09. The van der Waals surface area contributed by atoms with Gasteiger partial charge in [-0.3, -0.25) is 9.69 Å². The molecule has 7 heteroatoms. The fraction of sp³-hybridized carbons (Fsp3) is 0.824. The van der Waals surface area contributed by atoms with Gasteiger partial charge in [-0.2, -0.15) is 0 Å². The van der Waals surface area contributed by atoms with E-state index in [4.69, 9.17) is 19.2 Å². The Hall–Kier alpha value is -0.990. The Morgan fingerprint density at radius 3 is 2.62 bits per heavy atom. The number of amides is 1. The minimum Gasteiger partial charge on any atom is -0.379 e. The number of hydrogen-bond donors (Lipinski definition) is 1. The quantitative estimate of drug-likeness (QED) is 0.595. The third-order valence-electron chi connectivity index (χ3n) is 4.79. The molecule has 136 valence electrons. The Morgan fingerprint density at radius 1 is 1.21 bits per heavy atom. The molecule has 1 amide bonds. The number of nitrogens with one attached hydrogen (secondary N) is 1. The second kappa shape index (κ2) is 7.93. The summed E-state index contributed by atoms with van der Waals surface area (Å²) in [5.74, 6) is -0.692. The third-order valence-corrected chi connectivity index (χ3v) is 4.79. The number of carbonyl (C=O) groups excluding carboxylic acids is 1. The van der Waals surface area contributed by atoms with Crippen LogP contribution in [0.2, 0.25) is 0 Å². The first-order valence-electron chi connectivity index (χ1n) is 8.87. The minimum atomic E-state index is -0.727. The Morgan fingerprint density at radius 2 is 1.96 bits per heavy atom. The Bertz CT molecular complexity index is 446. The highest BCUT2D eigenvalue weighted by molar-refractivity contribution is 5.87. The lowest BCUT2D eigenvalue weighted by atomic mass is 10.1. The summed E-state index contributed by atoms with van der Waals surface area (Å²) in [7, 11) is 0. The van der Waals surface area contributed by atoms with Gasteiger partial charge >= 0.3 is 0 Å². The number of ether oxygens (including phenoxy) is 2. The van der Waals surface area contributed by atoms with Crippen LogP contribution in [0.4, 0.5) is 0 Å². The lowest BCUT2D eigenvalue weighted by Gasteiger charge is -2.40. The molecule has 0 aromatic heterocycles. The molecular formula is C17H28N2O5. The van der Waals surface area contributed by atoms with Gasteiger partial charge in [-0.15, -0.1) is 0 Å². The SMILES string of the molecule is CC1(/C=C/C(=O)NCCN2CCOCC2)COC2(CCCC2)OO1. The van der Waals surface area contributed by atoms with E-state index in [2.05, 4.69) is 10.2 Å². The number of hydrogen-bond acceptors (Lipinski definition) is 6. The predicted molar refractivity (Wildman–Crippen MR) is 87.1 cm³/mol.